The maximum absolute atomic E-state index is 13.1. The Bertz CT molecular complexity index is 1530. The van der Waals surface area contributed by atoms with Gasteiger partial charge in [-0.05, 0) is 67.3 Å². The fraction of sp³-hybridized carbons (Fsp3) is 0.250. The molecule has 8 nitrogen and oxygen atoms in total. The number of pyridine rings is 2. The van der Waals surface area contributed by atoms with E-state index in [1.54, 1.807) is 24.5 Å². The van der Waals surface area contributed by atoms with Crippen LogP contribution >= 0.6 is 11.6 Å². The molecule has 0 spiro atoms. The van der Waals surface area contributed by atoms with Crippen molar-refractivity contribution in [3.05, 3.63) is 107 Å². The zero-order chi connectivity index (χ0) is 28.7. The van der Waals surface area contributed by atoms with E-state index in [0.717, 1.165) is 28.1 Å². The van der Waals surface area contributed by atoms with E-state index in [1.807, 2.05) is 67.6 Å². The molecule has 0 saturated carbocycles. The topological polar surface area (TPSA) is 100 Å². The van der Waals surface area contributed by atoms with E-state index in [-0.39, 0.29) is 6.61 Å². The first kappa shape index (κ1) is 27.9. The Morgan fingerprint density at radius 1 is 1.07 bits per heavy atom. The average molecular weight is 568 g/mol. The molecule has 1 aliphatic heterocycles. The van der Waals surface area contributed by atoms with Crippen molar-refractivity contribution >= 4 is 23.4 Å². The van der Waals surface area contributed by atoms with Gasteiger partial charge in [0.1, 0.15) is 12.7 Å². The number of ether oxygens (including phenoxy) is 2. The summed E-state index contributed by atoms with van der Waals surface area (Å²) in [7, 11) is 0. The molecule has 0 radical (unpaired) electrons. The van der Waals surface area contributed by atoms with Crippen molar-refractivity contribution in [3.63, 3.8) is 0 Å². The van der Waals surface area contributed by atoms with Crippen molar-refractivity contribution in [2.45, 2.75) is 31.9 Å². The van der Waals surface area contributed by atoms with Crippen LogP contribution in [0.15, 0.2) is 85.2 Å². The van der Waals surface area contributed by atoms with E-state index in [0.29, 0.717) is 49.0 Å². The van der Waals surface area contributed by atoms with Gasteiger partial charge in [-0.1, -0.05) is 48.0 Å². The first-order valence-corrected chi connectivity index (χ1v) is 13.9. The Morgan fingerprint density at radius 3 is 2.59 bits per heavy atom. The molecule has 0 atom stereocenters. The summed E-state index contributed by atoms with van der Waals surface area (Å²) >= 11 is 6.13. The number of piperidine rings is 1. The standard InChI is InChI=1S/C32H30ClN5O3/c1-2-40-30-27(9-6-16-35-30)28-12-10-25(21-36-28)32(37-31(39)41-22-23-7-4-3-5-8-23)14-17-38(18-15-32)29-13-11-26(33)19-24(29)20-34/h3-13,16,19,21H,2,14-15,17-18,22H2,1H3,(H,37,39). The smallest absolute Gasteiger partial charge is 0.408 e. The number of carbonyl (C=O) groups is 1. The van der Waals surface area contributed by atoms with Crippen molar-refractivity contribution < 1.29 is 14.3 Å². The van der Waals surface area contributed by atoms with Crippen molar-refractivity contribution in [1.29, 1.82) is 5.26 Å². The number of hydrogen-bond acceptors (Lipinski definition) is 7. The summed E-state index contributed by atoms with van der Waals surface area (Å²) in [5.41, 5.74) is 3.93. The van der Waals surface area contributed by atoms with Crippen molar-refractivity contribution in [2.75, 3.05) is 24.6 Å². The van der Waals surface area contributed by atoms with Gasteiger partial charge in [0.2, 0.25) is 5.88 Å². The number of alkyl carbamates (subject to hydrolysis) is 1. The summed E-state index contributed by atoms with van der Waals surface area (Å²) < 4.78 is 11.3. The van der Waals surface area contributed by atoms with Crippen molar-refractivity contribution in [1.82, 2.24) is 15.3 Å². The zero-order valence-electron chi connectivity index (χ0n) is 22.7. The lowest BCUT2D eigenvalue weighted by molar-refractivity contribution is 0.120. The predicted octanol–water partition coefficient (Wildman–Crippen LogP) is 6.49. The number of amides is 1. The van der Waals surface area contributed by atoms with E-state index in [2.05, 4.69) is 21.3 Å². The summed E-state index contributed by atoms with van der Waals surface area (Å²) in [5, 5.41) is 13.4. The number of halogens is 1. The third-order valence-electron chi connectivity index (χ3n) is 7.24. The summed E-state index contributed by atoms with van der Waals surface area (Å²) in [4.78, 5) is 24.3. The van der Waals surface area contributed by atoms with Gasteiger partial charge in [0.25, 0.3) is 0 Å². The highest BCUT2D eigenvalue weighted by atomic mass is 35.5. The number of benzene rings is 2. The van der Waals surface area contributed by atoms with Crippen LogP contribution in [0.3, 0.4) is 0 Å². The highest BCUT2D eigenvalue weighted by Crippen LogP contribution is 2.37. The second-order valence-electron chi connectivity index (χ2n) is 9.75. The molecule has 3 heterocycles. The Hall–Kier alpha value is -4.61. The van der Waals surface area contributed by atoms with Gasteiger partial charge in [0.05, 0.1) is 34.7 Å². The molecule has 2 aromatic heterocycles. The van der Waals surface area contributed by atoms with Gasteiger partial charge < -0.3 is 19.7 Å². The molecule has 0 unspecified atom stereocenters. The van der Waals surface area contributed by atoms with Crippen LogP contribution in [0.25, 0.3) is 11.3 Å². The Kier molecular flexibility index (Phi) is 8.66. The molecular weight excluding hydrogens is 538 g/mol. The number of nitrogens with one attached hydrogen (secondary N) is 1. The van der Waals surface area contributed by atoms with Crippen LogP contribution in [0.5, 0.6) is 5.88 Å². The van der Waals surface area contributed by atoms with Crippen LogP contribution in [-0.4, -0.2) is 35.8 Å². The number of rotatable bonds is 8. The highest BCUT2D eigenvalue weighted by Gasteiger charge is 2.39. The molecule has 0 bridgehead atoms. The molecule has 1 saturated heterocycles. The van der Waals surface area contributed by atoms with E-state index in [1.165, 1.54) is 0 Å². The fourth-order valence-corrected chi connectivity index (χ4v) is 5.29. The monoisotopic (exact) mass is 567 g/mol. The largest absolute Gasteiger partial charge is 0.477 e. The molecule has 208 valence electrons. The van der Waals surface area contributed by atoms with E-state index in [9.17, 15) is 10.1 Å². The molecule has 2 aromatic carbocycles. The van der Waals surface area contributed by atoms with Crippen LogP contribution in [-0.2, 0) is 16.9 Å². The van der Waals surface area contributed by atoms with Crippen molar-refractivity contribution in [3.8, 4) is 23.2 Å². The van der Waals surface area contributed by atoms with Gasteiger partial charge in [0, 0.05) is 30.5 Å². The van der Waals surface area contributed by atoms with Crippen LogP contribution in [0.1, 0.15) is 36.5 Å². The maximum atomic E-state index is 13.1. The lowest BCUT2D eigenvalue weighted by Crippen LogP contribution is -2.53. The van der Waals surface area contributed by atoms with Crippen LogP contribution in [0.4, 0.5) is 10.5 Å². The zero-order valence-corrected chi connectivity index (χ0v) is 23.5. The summed E-state index contributed by atoms with van der Waals surface area (Å²) in [6.45, 7) is 3.79. The van der Waals surface area contributed by atoms with Crippen molar-refractivity contribution in [2.24, 2.45) is 0 Å². The summed E-state index contributed by atoms with van der Waals surface area (Å²) in [5.74, 6) is 0.525. The SMILES string of the molecule is CCOc1ncccc1-c1ccc(C2(NC(=O)OCc3ccccc3)CCN(c3ccc(Cl)cc3C#N)CC2)cn1. The Labute approximate surface area is 244 Å². The molecule has 4 aromatic rings. The maximum Gasteiger partial charge on any atom is 0.408 e. The van der Waals surface area contributed by atoms with E-state index in [4.69, 9.17) is 26.1 Å². The number of anilines is 1. The predicted molar refractivity (Wildman–Crippen MR) is 158 cm³/mol. The van der Waals surface area contributed by atoms with Gasteiger partial charge in [-0.15, -0.1) is 0 Å². The molecule has 5 rings (SSSR count). The second kappa shape index (κ2) is 12.7. The molecule has 1 amide bonds. The van der Waals surface area contributed by atoms with Gasteiger partial charge in [0.15, 0.2) is 0 Å². The lowest BCUT2D eigenvalue weighted by Gasteiger charge is -2.43. The molecule has 1 N–H and O–H groups in total. The molecule has 41 heavy (non-hydrogen) atoms. The first-order chi connectivity index (χ1) is 20.0. The Balaban J connectivity index is 1.40. The number of carbonyl (C=O) groups excluding carboxylic acids is 1. The quantitative estimate of drug-likeness (QED) is 0.260. The van der Waals surface area contributed by atoms with Crippen LogP contribution < -0.4 is 15.0 Å². The minimum atomic E-state index is -0.716. The normalized spacial score (nSPS) is 14.1. The number of nitrogens with zero attached hydrogens (tertiary/aromatic N) is 4. The summed E-state index contributed by atoms with van der Waals surface area (Å²) in [6, 6.07) is 24.8. The van der Waals surface area contributed by atoms with Gasteiger partial charge >= 0.3 is 6.09 Å². The Morgan fingerprint density at radius 2 is 1.88 bits per heavy atom. The molecule has 1 fully saturated rings. The van der Waals surface area contributed by atoms with Gasteiger partial charge in [-0.25, -0.2) is 9.78 Å². The molecular formula is C32H30ClN5O3. The minimum Gasteiger partial charge on any atom is -0.477 e. The highest BCUT2D eigenvalue weighted by molar-refractivity contribution is 6.30. The lowest BCUT2D eigenvalue weighted by atomic mass is 9.81. The molecule has 0 aliphatic carbocycles. The second-order valence-corrected chi connectivity index (χ2v) is 10.2. The fourth-order valence-electron chi connectivity index (χ4n) is 5.12. The third-order valence-corrected chi connectivity index (χ3v) is 7.47. The number of hydrogen-bond donors (Lipinski definition) is 1. The molecule has 9 heteroatoms. The third kappa shape index (κ3) is 6.42. The summed E-state index contributed by atoms with van der Waals surface area (Å²) in [6.07, 6.45) is 4.16. The number of nitriles is 1. The number of aromatic nitrogens is 2. The van der Waals surface area contributed by atoms with Gasteiger partial charge in [-0.3, -0.25) is 4.98 Å². The van der Waals surface area contributed by atoms with E-state index < -0.39 is 11.6 Å². The molecule has 1 aliphatic rings. The van der Waals surface area contributed by atoms with Crippen LogP contribution in [0.2, 0.25) is 5.02 Å². The first-order valence-electron chi connectivity index (χ1n) is 13.5. The minimum absolute atomic E-state index is 0.170. The van der Waals surface area contributed by atoms with Gasteiger partial charge in [-0.2, -0.15) is 5.26 Å². The average Bonchev–Trinajstić information content (AvgIpc) is 3.01. The van der Waals surface area contributed by atoms with Crippen LogP contribution in [0, 0.1) is 11.3 Å². The van der Waals surface area contributed by atoms with E-state index >= 15 is 0 Å².